The summed E-state index contributed by atoms with van der Waals surface area (Å²) in [4.78, 5) is 39.4. The molecule has 1 aliphatic carbocycles. The molecule has 5 N–H and O–H groups in total. The number of hydrogen-bond donors (Lipinski definition) is 5. The zero-order chi connectivity index (χ0) is 29.7. The Morgan fingerprint density at radius 1 is 0.975 bits per heavy atom. The Morgan fingerprint density at radius 3 is 2.38 bits per heavy atom. The summed E-state index contributed by atoms with van der Waals surface area (Å²) in [5.74, 6) is -1.10. The van der Waals surface area contributed by atoms with E-state index in [4.69, 9.17) is 0 Å². The summed E-state index contributed by atoms with van der Waals surface area (Å²) >= 11 is 0. The average Bonchev–Trinajstić information content (AvgIpc) is 2.93. The van der Waals surface area contributed by atoms with Crippen LogP contribution < -0.4 is 26.0 Å². The van der Waals surface area contributed by atoms with Gasteiger partial charge in [0.25, 0.3) is 0 Å². The first kappa shape index (κ1) is 33.7. The SMILES string of the molecule is CCCCS(=O)(=O)NCCCCC(NC(=O)C(NC(=O)C(C)NC)C(C)C)C(=O)NC1CCCc2ccccc21. The van der Waals surface area contributed by atoms with Crippen LogP contribution in [0.25, 0.3) is 0 Å². The predicted molar refractivity (Wildman–Crippen MR) is 158 cm³/mol. The van der Waals surface area contributed by atoms with Gasteiger partial charge in [-0.1, -0.05) is 51.5 Å². The molecule has 0 aromatic heterocycles. The summed E-state index contributed by atoms with van der Waals surface area (Å²) in [6.45, 7) is 7.61. The van der Waals surface area contributed by atoms with E-state index in [0.717, 1.165) is 31.2 Å². The number of carbonyl (C=O) groups is 3. The summed E-state index contributed by atoms with van der Waals surface area (Å²) in [6.07, 6.45) is 5.56. The largest absolute Gasteiger partial charge is 0.348 e. The van der Waals surface area contributed by atoms with Crippen molar-refractivity contribution in [1.82, 2.24) is 26.0 Å². The Labute approximate surface area is 240 Å². The van der Waals surface area contributed by atoms with Crippen LogP contribution in [0.1, 0.15) is 89.8 Å². The van der Waals surface area contributed by atoms with E-state index in [1.54, 1.807) is 14.0 Å². The van der Waals surface area contributed by atoms with Crippen LogP contribution in [0, 0.1) is 5.92 Å². The van der Waals surface area contributed by atoms with Gasteiger partial charge in [0.05, 0.1) is 17.8 Å². The topological polar surface area (TPSA) is 146 Å². The molecule has 226 valence electrons. The molecule has 40 heavy (non-hydrogen) atoms. The normalized spacial score (nSPS) is 17.4. The van der Waals surface area contributed by atoms with Crippen molar-refractivity contribution in [3.05, 3.63) is 35.4 Å². The third-order valence-corrected chi connectivity index (χ3v) is 8.87. The molecule has 11 heteroatoms. The number of amides is 3. The third-order valence-electron chi connectivity index (χ3n) is 7.40. The van der Waals surface area contributed by atoms with Gasteiger partial charge in [-0.2, -0.15) is 0 Å². The number of carbonyl (C=O) groups excluding carboxylic acids is 3. The number of sulfonamides is 1. The van der Waals surface area contributed by atoms with Gasteiger partial charge in [-0.15, -0.1) is 0 Å². The molecular formula is C29H49N5O5S. The van der Waals surface area contributed by atoms with Crippen molar-refractivity contribution in [1.29, 1.82) is 0 Å². The van der Waals surface area contributed by atoms with Crippen LogP contribution in [0.5, 0.6) is 0 Å². The standard InChI is InChI=1S/C29H49N5O5S/c1-6-7-19-40(38,39)31-18-11-10-16-25(33-29(37)26(20(2)3)34-27(35)21(4)30-5)28(36)32-24-17-12-14-22-13-8-9-15-23(22)24/h8-9,13,15,20-21,24-26,30-31H,6-7,10-12,14,16-19H2,1-5H3,(H,32,36)(H,33,37)(H,34,35). The highest BCUT2D eigenvalue weighted by Gasteiger charge is 2.31. The van der Waals surface area contributed by atoms with Gasteiger partial charge in [-0.25, -0.2) is 13.1 Å². The maximum atomic E-state index is 13.5. The molecule has 0 radical (unpaired) electrons. The quantitative estimate of drug-likeness (QED) is 0.179. The minimum atomic E-state index is -3.31. The molecule has 0 fully saturated rings. The molecule has 1 aromatic rings. The van der Waals surface area contributed by atoms with Gasteiger partial charge in [0, 0.05) is 6.54 Å². The van der Waals surface area contributed by atoms with Crippen LogP contribution in [-0.4, -0.2) is 63.6 Å². The van der Waals surface area contributed by atoms with E-state index in [2.05, 4.69) is 32.1 Å². The van der Waals surface area contributed by atoms with Crippen molar-refractivity contribution in [3.63, 3.8) is 0 Å². The van der Waals surface area contributed by atoms with Crippen LogP contribution in [0.2, 0.25) is 0 Å². The molecule has 2 rings (SSSR count). The van der Waals surface area contributed by atoms with Gasteiger partial charge in [-0.05, 0) is 76.0 Å². The van der Waals surface area contributed by atoms with Crippen molar-refractivity contribution in [3.8, 4) is 0 Å². The summed E-state index contributed by atoms with van der Waals surface area (Å²) in [7, 11) is -1.64. The fourth-order valence-corrected chi connectivity index (χ4v) is 6.03. The third kappa shape index (κ3) is 10.8. The minimum absolute atomic E-state index is 0.0991. The van der Waals surface area contributed by atoms with E-state index in [9.17, 15) is 22.8 Å². The molecule has 3 amide bonds. The minimum Gasteiger partial charge on any atom is -0.348 e. The van der Waals surface area contributed by atoms with E-state index in [0.29, 0.717) is 25.7 Å². The summed E-state index contributed by atoms with van der Waals surface area (Å²) in [6, 6.07) is 5.84. The maximum absolute atomic E-state index is 13.5. The highest BCUT2D eigenvalue weighted by molar-refractivity contribution is 7.89. The van der Waals surface area contributed by atoms with Crippen molar-refractivity contribution in [2.75, 3.05) is 19.3 Å². The molecule has 0 aliphatic heterocycles. The smallest absolute Gasteiger partial charge is 0.243 e. The first-order valence-corrected chi connectivity index (χ1v) is 16.3. The van der Waals surface area contributed by atoms with E-state index < -0.39 is 34.1 Å². The first-order valence-electron chi connectivity index (χ1n) is 14.6. The highest BCUT2D eigenvalue weighted by Crippen LogP contribution is 2.29. The van der Waals surface area contributed by atoms with Crippen LogP contribution >= 0.6 is 0 Å². The lowest BCUT2D eigenvalue weighted by molar-refractivity contribution is -0.133. The molecule has 4 atom stereocenters. The van der Waals surface area contributed by atoms with Crippen molar-refractivity contribution < 1.29 is 22.8 Å². The van der Waals surface area contributed by atoms with Gasteiger partial charge in [-0.3, -0.25) is 14.4 Å². The van der Waals surface area contributed by atoms with E-state index >= 15 is 0 Å². The monoisotopic (exact) mass is 579 g/mol. The number of hydrogen-bond acceptors (Lipinski definition) is 6. The lowest BCUT2D eigenvalue weighted by Crippen LogP contribution is -2.57. The number of likely N-dealkylation sites (N-methyl/N-ethyl adjacent to an activating group) is 1. The lowest BCUT2D eigenvalue weighted by Gasteiger charge is -2.30. The Bertz CT molecular complexity index is 1080. The lowest BCUT2D eigenvalue weighted by atomic mass is 9.87. The summed E-state index contributed by atoms with van der Waals surface area (Å²) < 4.78 is 26.8. The van der Waals surface area contributed by atoms with Crippen molar-refractivity contribution in [2.24, 2.45) is 5.92 Å². The highest BCUT2D eigenvalue weighted by atomic mass is 32.2. The molecule has 0 saturated heterocycles. The number of fused-ring (bicyclic) bond motifs is 1. The van der Waals surface area contributed by atoms with Crippen LogP contribution in [0.3, 0.4) is 0 Å². The average molecular weight is 580 g/mol. The fraction of sp³-hybridized carbons (Fsp3) is 0.690. The Morgan fingerprint density at radius 2 is 1.70 bits per heavy atom. The maximum Gasteiger partial charge on any atom is 0.243 e. The van der Waals surface area contributed by atoms with Crippen molar-refractivity contribution in [2.45, 2.75) is 103 Å². The second-order valence-corrected chi connectivity index (χ2v) is 12.9. The zero-order valence-corrected chi connectivity index (χ0v) is 25.5. The Kier molecular flexibility index (Phi) is 14.1. The second-order valence-electron chi connectivity index (χ2n) is 11.0. The molecule has 4 unspecified atom stereocenters. The summed E-state index contributed by atoms with van der Waals surface area (Å²) in [5.41, 5.74) is 2.32. The zero-order valence-electron chi connectivity index (χ0n) is 24.7. The number of nitrogens with one attached hydrogen (secondary N) is 5. The predicted octanol–water partition coefficient (Wildman–Crippen LogP) is 2.30. The van der Waals surface area contributed by atoms with Gasteiger partial charge in [0.15, 0.2) is 0 Å². The molecule has 0 spiro atoms. The first-order chi connectivity index (χ1) is 19.0. The van der Waals surface area contributed by atoms with Gasteiger partial charge in [0.1, 0.15) is 12.1 Å². The molecule has 0 saturated carbocycles. The Balaban J connectivity index is 2.10. The molecule has 0 heterocycles. The summed E-state index contributed by atoms with van der Waals surface area (Å²) in [5, 5.41) is 11.7. The number of aryl methyl sites for hydroxylation is 1. The van der Waals surface area contributed by atoms with E-state index in [-0.39, 0.29) is 36.1 Å². The van der Waals surface area contributed by atoms with Crippen LogP contribution in [-0.2, 0) is 30.8 Å². The molecule has 1 aliphatic rings. The van der Waals surface area contributed by atoms with Crippen LogP contribution in [0.15, 0.2) is 24.3 Å². The molecule has 0 bridgehead atoms. The Hall–Kier alpha value is -2.50. The van der Waals surface area contributed by atoms with E-state index in [1.807, 2.05) is 39.0 Å². The molecular weight excluding hydrogens is 530 g/mol. The van der Waals surface area contributed by atoms with Gasteiger partial charge >= 0.3 is 0 Å². The van der Waals surface area contributed by atoms with Gasteiger partial charge in [0.2, 0.25) is 27.7 Å². The van der Waals surface area contributed by atoms with Crippen molar-refractivity contribution >= 4 is 27.7 Å². The fourth-order valence-electron chi connectivity index (χ4n) is 4.76. The molecule has 1 aromatic carbocycles. The molecule has 10 nitrogen and oxygen atoms in total. The number of unbranched alkanes of at least 4 members (excludes halogenated alkanes) is 2. The number of rotatable bonds is 17. The van der Waals surface area contributed by atoms with Crippen LogP contribution in [0.4, 0.5) is 0 Å². The van der Waals surface area contributed by atoms with E-state index in [1.165, 1.54) is 5.56 Å². The van der Waals surface area contributed by atoms with Gasteiger partial charge < -0.3 is 21.3 Å². The number of benzene rings is 1. The second kappa shape index (κ2) is 16.7.